The Morgan fingerprint density at radius 2 is 2.14 bits per heavy atom. The van der Waals surface area contributed by atoms with Gasteiger partial charge in [0.25, 0.3) is 0 Å². The van der Waals surface area contributed by atoms with Gasteiger partial charge in [0.2, 0.25) is 0 Å². The Kier molecular flexibility index (Phi) is 4.95. The van der Waals surface area contributed by atoms with Gasteiger partial charge in [-0.05, 0) is 32.1 Å². The molecule has 1 saturated heterocycles. The van der Waals surface area contributed by atoms with Crippen LogP contribution in [0.4, 0.5) is 4.79 Å². The number of rotatable bonds is 4. The summed E-state index contributed by atoms with van der Waals surface area (Å²) in [7, 11) is 0. The van der Waals surface area contributed by atoms with Crippen LogP contribution in [0.3, 0.4) is 0 Å². The number of amides is 2. The first kappa shape index (κ1) is 15.3. The van der Waals surface area contributed by atoms with Gasteiger partial charge >= 0.3 is 6.03 Å². The van der Waals surface area contributed by atoms with E-state index in [1.165, 1.54) is 19.3 Å². The highest BCUT2D eigenvalue weighted by molar-refractivity contribution is 5.74. The smallest absolute Gasteiger partial charge is 0.317 e. The van der Waals surface area contributed by atoms with Crippen molar-refractivity contribution in [2.45, 2.75) is 64.5 Å². The summed E-state index contributed by atoms with van der Waals surface area (Å²) in [5.74, 6) is 1.55. The van der Waals surface area contributed by atoms with Crippen molar-refractivity contribution in [3.63, 3.8) is 0 Å². The third-order valence-electron chi connectivity index (χ3n) is 5.01. The van der Waals surface area contributed by atoms with E-state index in [0.29, 0.717) is 12.0 Å². The van der Waals surface area contributed by atoms with Crippen molar-refractivity contribution < 1.29 is 4.79 Å². The van der Waals surface area contributed by atoms with Crippen molar-refractivity contribution in [3.8, 4) is 0 Å². The van der Waals surface area contributed by atoms with E-state index < -0.39 is 0 Å². The second-order valence-electron chi connectivity index (χ2n) is 6.62. The Morgan fingerprint density at radius 3 is 2.91 bits per heavy atom. The lowest BCUT2D eigenvalue weighted by atomic mass is 9.96. The third-order valence-corrected chi connectivity index (χ3v) is 5.01. The van der Waals surface area contributed by atoms with Gasteiger partial charge in [0.05, 0.1) is 0 Å². The first-order valence-electron chi connectivity index (χ1n) is 8.68. The molecule has 22 heavy (non-hydrogen) atoms. The molecular weight excluding hydrogens is 278 g/mol. The third kappa shape index (κ3) is 3.59. The summed E-state index contributed by atoms with van der Waals surface area (Å²) in [6.45, 7) is 4.71. The molecule has 2 fully saturated rings. The minimum Gasteiger partial charge on any atom is -0.335 e. The van der Waals surface area contributed by atoms with Crippen molar-refractivity contribution in [1.29, 1.82) is 0 Å². The molecular formula is C16H27N5O. The molecule has 2 amide bonds. The molecule has 6 heteroatoms. The molecule has 122 valence electrons. The predicted molar refractivity (Wildman–Crippen MR) is 84.5 cm³/mol. The number of urea groups is 1. The first-order valence-corrected chi connectivity index (χ1v) is 8.68. The van der Waals surface area contributed by atoms with Gasteiger partial charge in [-0.3, -0.25) is 0 Å². The van der Waals surface area contributed by atoms with Crippen molar-refractivity contribution in [2.75, 3.05) is 13.1 Å². The summed E-state index contributed by atoms with van der Waals surface area (Å²) in [6, 6.07) is 0.523. The molecule has 1 aromatic heterocycles. The zero-order chi connectivity index (χ0) is 15.4. The minimum absolute atomic E-state index is 0.131. The average molecular weight is 305 g/mol. The second-order valence-corrected chi connectivity index (χ2v) is 6.62. The average Bonchev–Trinajstić information content (AvgIpc) is 3.18. The lowest BCUT2D eigenvalue weighted by Crippen LogP contribution is -2.44. The second kappa shape index (κ2) is 7.11. The first-order chi connectivity index (χ1) is 10.8. The van der Waals surface area contributed by atoms with Gasteiger partial charge in [-0.2, -0.15) is 0 Å². The molecule has 0 spiro atoms. The molecule has 1 aliphatic heterocycles. The molecule has 1 N–H and O–H groups in total. The number of carbonyl (C=O) groups excluding carboxylic acids is 1. The normalized spacial score (nSPS) is 23.0. The zero-order valence-electron chi connectivity index (χ0n) is 13.5. The standard InChI is InChI=1S/C16H27N5O/c1-2-20-12-17-19-15(20)10-13-8-9-21(11-13)16(22)18-14-6-4-3-5-7-14/h12-14H,2-11H2,1H3,(H,18,22). The number of nitrogens with zero attached hydrogens (tertiary/aromatic N) is 4. The van der Waals surface area contributed by atoms with Gasteiger partial charge in [0, 0.05) is 32.1 Å². The predicted octanol–water partition coefficient (Wildman–Crippen LogP) is 2.20. The van der Waals surface area contributed by atoms with Gasteiger partial charge < -0.3 is 14.8 Å². The van der Waals surface area contributed by atoms with E-state index in [2.05, 4.69) is 27.0 Å². The Labute approximate surface area is 132 Å². The highest BCUT2D eigenvalue weighted by Crippen LogP contribution is 2.22. The molecule has 0 radical (unpaired) electrons. The topological polar surface area (TPSA) is 63.1 Å². The molecule has 0 bridgehead atoms. The van der Waals surface area contributed by atoms with Crippen LogP contribution in [-0.2, 0) is 13.0 Å². The number of aromatic nitrogens is 3. The van der Waals surface area contributed by atoms with E-state index in [-0.39, 0.29) is 6.03 Å². The fourth-order valence-corrected chi connectivity index (χ4v) is 3.66. The molecule has 1 aromatic rings. The molecule has 3 rings (SSSR count). The highest BCUT2D eigenvalue weighted by atomic mass is 16.2. The van der Waals surface area contributed by atoms with Crippen LogP contribution in [0.5, 0.6) is 0 Å². The van der Waals surface area contributed by atoms with Gasteiger partial charge in [-0.1, -0.05) is 19.3 Å². The van der Waals surface area contributed by atoms with Crippen LogP contribution < -0.4 is 5.32 Å². The van der Waals surface area contributed by atoms with Crippen molar-refractivity contribution >= 4 is 6.03 Å². The molecule has 2 heterocycles. The molecule has 2 aliphatic rings. The van der Waals surface area contributed by atoms with Crippen molar-refractivity contribution in [2.24, 2.45) is 5.92 Å². The largest absolute Gasteiger partial charge is 0.335 e. The minimum atomic E-state index is 0.131. The Balaban J connectivity index is 1.48. The summed E-state index contributed by atoms with van der Waals surface area (Å²) in [4.78, 5) is 14.3. The van der Waals surface area contributed by atoms with E-state index in [4.69, 9.17) is 0 Å². The van der Waals surface area contributed by atoms with Gasteiger partial charge in [-0.25, -0.2) is 4.79 Å². The number of nitrogens with one attached hydrogen (secondary N) is 1. The highest BCUT2D eigenvalue weighted by Gasteiger charge is 2.28. The van der Waals surface area contributed by atoms with Crippen LogP contribution in [-0.4, -0.2) is 44.8 Å². The number of hydrogen-bond acceptors (Lipinski definition) is 3. The van der Waals surface area contributed by atoms with E-state index in [9.17, 15) is 4.79 Å². The molecule has 6 nitrogen and oxygen atoms in total. The van der Waals surface area contributed by atoms with E-state index >= 15 is 0 Å². The summed E-state index contributed by atoms with van der Waals surface area (Å²) in [5.41, 5.74) is 0. The molecule has 0 aromatic carbocycles. The zero-order valence-corrected chi connectivity index (χ0v) is 13.5. The fraction of sp³-hybridized carbons (Fsp3) is 0.812. The lowest BCUT2D eigenvalue weighted by molar-refractivity contribution is 0.198. The Hall–Kier alpha value is -1.59. The van der Waals surface area contributed by atoms with Crippen molar-refractivity contribution in [1.82, 2.24) is 25.0 Å². The molecule has 1 saturated carbocycles. The van der Waals surface area contributed by atoms with E-state index in [0.717, 1.165) is 51.1 Å². The van der Waals surface area contributed by atoms with Gasteiger partial charge in [0.1, 0.15) is 12.2 Å². The summed E-state index contributed by atoms with van der Waals surface area (Å²) in [6.07, 6.45) is 9.87. The maximum Gasteiger partial charge on any atom is 0.317 e. The molecule has 1 atom stereocenters. The van der Waals surface area contributed by atoms with Crippen LogP contribution >= 0.6 is 0 Å². The van der Waals surface area contributed by atoms with Gasteiger partial charge in [-0.15, -0.1) is 10.2 Å². The SMILES string of the molecule is CCn1cnnc1CC1CCN(C(=O)NC2CCCCC2)C1. The van der Waals surface area contributed by atoms with Crippen LogP contribution in [0.25, 0.3) is 0 Å². The summed E-state index contributed by atoms with van der Waals surface area (Å²) in [5, 5.41) is 11.4. The number of aryl methyl sites for hydroxylation is 1. The summed E-state index contributed by atoms with van der Waals surface area (Å²) < 4.78 is 2.09. The Morgan fingerprint density at radius 1 is 1.32 bits per heavy atom. The van der Waals surface area contributed by atoms with Crippen LogP contribution in [0.15, 0.2) is 6.33 Å². The fourth-order valence-electron chi connectivity index (χ4n) is 3.66. The van der Waals surface area contributed by atoms with E-state index in [1.807, 2.05) is 4.90 Å². The number of hydrogen-bond donors (Lipinski definition) is 1. The molecule has 1 unspecified atom stereocenters. The van der Waals surface area contributed by atoms with Crippen LogP contribution in [0.1, 0.15) is 51.3 Å². The quantitative estimate of drug-likeness (QED) is 0.927. The maximum absolute atomic E-state index is 12.4. The summed E-state index contributed by atoms with van der Waals surface area (Å²) >= 11 is 0. The molecule has 1 aliphatic carbocycles. The van der Waals surface area contributed by atoms with Crippen LogP contribution in [0.2, 0.25) is 0 Å². The Bertz CT molecular complexity index is 494. The number of likely N-dealkylation sites (tertiary alicyclic amines) is 1. The van der Waals surface area contributed by atoms with Crippen molar-refractivity contribution in [3.05, 3.63) is 12.2 Å². The monoisotopic (exact) mass is 305 g/mol. The maximum atomic E-state index is 12.4. The van der Waals surface area contributed by atoms with Gasteiger partial charge in [0.15, 0.2) is 0 Å². The van der Waals surface area contributed by atoms with Crippen LogP contribution in [0, 0.1) is 5.92 Å². The number of carbonyl (C=O) groups is 1. The van der Waals surface area contributed by atoms with E-state index in [1.54, 1.807) is 6.33 Å². The lowest BCUT2D eigenvalue weighted by Gasteiger charge is -2.26.